The first-order valence-corrected chi connectivity index (χ1v) is 29.3. The van der Waals surface area contributed by atoms with Crippen LogP contribution in [0.4, 0.5) is 0 Å². The van der Waals surface area contributed by atoms with Gasteiger partial charge in [0.2, 0.25) is 0 Å². The molecule has 0 aromatic carbocycles. The van der Waals surface area contributed by atoms with Gasteiger partial charge in [0.15, 0.2) is 6.10 Å². The van der Waals surface area contributed by atoms with Crippen LogP contribution in [-0.2, 0) is 32.7 Å². The van der Waals surface area contributed by atoms with Gasteiger partial charge in [-0.25, -0.2) is 4.57 Å². The number of carbonyl (C=O) groups excluding carboxylic acids is 2. The van der Waals surface area contributed by atoms with Crippen LogP contribution in [0.2, 0.25) is 0 Å². The van der Waals surface area contributed by atoms with E-state index in [2.05, 4.69) is 74.6 Å². The monoisotopic (exact) mass is 962 g/mol. The number of ether oxygens (including phenoxy) is 2. The lowest BCUT2D eigenvalue weighted by atomic mass is 10.0. The summed E-state index contributed by atoms with van der Waals surface area (Å²) in [6, 6.07) is 0. The Labute approximate surface area is 412 Å². The van der Waals surface area contributed by atoms with Crippen molar-refractivity contribution in [3.8, 4) is 0 Å². The highest BCUT2D eigenvalue weighted by Crippen LogP contribution is 2.43. The summed E-state index contributed by atoms with van der Waals surface area (Å²) in [5.74, 6) is -0.822. The van der Waals surface area contributed by atoms with E-state index in [0.29, 0.717) is 6.42 Å². The molecule has 2 atom stereocenters. The molecule has 3 N–H and O–H groups in total. The number of phosphoric acid groups is 1. The van der Waals surface area contributed by atoms with Crippen LogP contribution in [0.1, 0.15) is 258 Å². The zero-order valence-electron chi connectivity index (χ0n) is 43.4. The number of nitrogens with two attached hydrogens (primary N) is 1. The Hall–Kier alpha value is -2.29. The van der Waals surface area contributed by atoms with Gasteiger partial charge in [-0.1, -0.05) is 248 Å². The second-order valence-electron chi connectivity index (χ2n) is 18.4. The molecule has 0 heterocycles. The standard InChI is InChI=1S/C57H104NO8P/c1-3-5-7-9-11-13-15-17-19-21-23-24-25-26-27-28-29-30-32-34-36-38-40-42-44-46-48-50-57(60)66-55(54-65-67(61,62)64-52-51-58)53-63-56(59)49-47-45-43-41-39-37-35-33-31-22-20-18-16-14-12-10-8-6-4-2/h5,7,11,13,17,19,23-24,26-27,55H,3-4,6,8-10,12,14-16,18,20-22,25,28-54,58H2,1-2H3,(H,61,62)/b7-5-,13-11-,19-17-,24-23-,27-26-. The molecule has 0 bridgehead atoms. The van der Waals surface area contributed by atoms with Crippen molar-refractivity contribution in [1.29, 1.82) is 0 Å². The SMILES string of the molecule is CC/C=C\C/C=C\C/C=C\C/C=C\C/C=C\CCCCCCCCCCCCCC(=O)OC(COC(=O)CCCCCCCCCCCCCCCCCCCCC)COP(=O)(O)OCCN. The lowest BCUT2D eigenvalue weighted by molar-refractivity contribution is -0.161. The van der Waals surface area contributed by atoms with Crippen molar-refractivity contribution in [3.63, 3.8) is 0 Å². The second-order valence-corrected chi connectivity index (χ2v) is 19.9. The van der Waals surface area contributed by atoms with E-state index in [1.165, 1.54) is 148 Å². The molecule has 390 valence electrons. The fourth-order valence-corrected chi connectivity index (χ4v) is 8.61. The van der Waals surface area contributed by atoms with Crippen LogP contribution >= 0.6 is 7.82 Å². The van der Waals surface area contributed by atoms with Crippen molar-refractivity contribution >= 4 is 19.8 Å². The van der Waals surface area contributed by atoms with Gasteiger partial charge in [0.05, 0.1) is 13.2 Å². The van der Waals surface area contributed by atoms with E-state index >= 15 is 0 Å². The van der Waals surface area contributed by atoms with E-state index in [1.807, 2.05) is 0 Å². The topological polar surface area (TPSA) is 134 Å². The summed E-state index contributed by atoms with van der Waals surface area (Å²) >= 11 is 0. The van der Waals surface area contributed by atoms with E-state index in [4.69, 9.17) is 24.3 Å². The fraction of sp³-hybridized carbons (Fsp3) is 0.789. The number of esters is 2. The van der Waals surface area contributed by atoms with Crippen LogP contribution in [0, 0.1) is 0 Å². The highest BCUT2D eigenvalue weighted by Gasteiger charge is 2.26. The van der Waals surface area contributed by atoms with Gasteiger partial charge in [0.25, 0.3) is 0 Å². The molecular formula is C57H104NO8P. The van der Waals surface area contributed by atoms with Crippen molar-refractivity contribution in [1.82, 2.24) is 0 Å². The number of phosphoric ester groups is 1. The molecule has 67 heavy (non-hydrogen) atoms. The van der Waals surface area contributed by atoms with Crippen LogP contribution < -0.4 is 5.73 Å². The zero-order valence-corrected chi connectivity index (χ0v) is 44.3. The Morgan fingerprint density at radius 3 is 1.22 bits per heavy atom. The minimum Gasteiger partial charge on any atom is -0.462 e. The molecule has 0 aliphatic rings. The smallest absolute Gasteiger partial charge is 0.462 e. The Morgan fingerprint density at radius 1 is 0.463 bits per heavy atom. The quantitative estimate of drug-likeness (QED) is 0.0264. The van der Waals surface area contributed by atoms with E-state index in [1.54, 1.807) is 0 Å². The normalized spacial score (nSPS) is 13.6. The molecule has 0 saturated heterocycles. The third kappa shape index (κ3) is 52.9. The lowest BCUT2D eigenvalue weighted by Crippen LogP contribution is -2.29. The van der Waals surface area contributed by atoms with Gasteiger partial charge in [0, 0.05) is 19.4 Å². The summed E-state index contributed by atoms with van der Waals surface area (Å²) in [5, 5.41) is 0. The third-order valence-corrected chi connectivity index (χ3v) is 12.9. The van der Waals surface area contributed by atoms with E-state index in [-0.39, 0.29) is 38.6 Å². The van der Waals surface area contributed by atoms with Crippen LogP contribution in [-0.4, -0.2) is 49.3 Å². The van der Waals surface area contributed by atoms with E-state index < -0.39 is 26.5 Å². The van der Waals surface area contributed by atoms with Crippen LogP contribution in [0.5, 0.6) is 0 Å². The molecule has 0 fully saturated rings. The van der Waals surface area contributed by atoms with Gasteiger partial charge in [-0.05, 0) is 57.8 Å². The number of hydrogen-bond donors (Lipinski definition) is 2. The number of hydrogen-bond acceptors (Lipinski definition) is 8. The molecule has 0 amide bonds. The maximum absolute atomic E-state index is 12.7. The summed E-state index contributed by atoms with van der Waals surface area (Å²) in [5.41, 5.74) is 5.38. The first-order chi connectivity index (χ1) is 32.8. The predicted octanol–water partition coefficient (Wildman–Crippen LogP) is 17.2. The Balaban J connectivity index is 3.99. The average Bonchev–Trinajstić information content (AvgIpc) is 3.32. The molecule has 0 radical (unpaired) electrons. The molecule has 0 aliphatic heterocycles. The highest BCUT2D eigenvalue weighted by atomic mass is 31.2. The molecular weight excluding hydrogens is 858 g/mol. The predicted molar refractivity (Wildman–Crippen MR) is 284 cm³/mol. The maximum Gasteiger partial charge on any atom is 0.472 e. The van der Waals surface area contributed by atoms with Crippen molar-refractivity contribution in [3.05, 3.63) is 60.8 Å². The van der Waals surface area contributed by atoms with Gasteiger partial charge in [-0.3, -0.25) is 18.6 Å². The van der Waals surface area contributed by atoms with Crippen molar-refractivity contribution < 1.29 is 37.6 Å². The highest BCUT2D eigenvalue weighted by molar-refractivity contribution is 7.47. The summed E-state index contributed by atoms with van der Waals surface area (Å²) in [6.07, 6.45) is 65.5. The molecule has 10 heteroatoms. The first kappa shape index (κ1) is 64.7. The Morgan fingerprint density at radius 2 is 0.821 bits per heavy atom. The first-order valence-electron chi connectivity index (χ1n) is 27.8. The molecule has 0 rings (SSSR count). The van der Waals surface area contributed by atoms with Crippen molar-refractivity contribution in [2.24, 2.45) is 5.73 Å². The largest absolute Gasteiger partial charge is 0.472 e. The average molecular weight is 962 g/mol. The van der Waals surface area contributed by atoms with Crippen molar-refractivity contribution in [2.45, 2.75) is 264 Å². The molecule has 0 aromatic rings. The maximum atomic E-state index is 12.7. The Kier molecular flexibility index (Phi) is 51.3. The fourth-order valence-electron chi connectivity index (χ4n) is 7.84. The molecule has 0 spiro atoms. The lowest BCUT2D eigenvalue weighted by Gasteiger charge is -2.19. The van der Waals surface area contributed by atoms with Gasteiger partial charge in [-0.2, -0.15) is 0 Å². The summed E-state index contributed by atoms with van der Waals surface area (Å²) in [7, 11) is -4.39. The van der Waals surface area contributed by atoms with Gasteiger partial charge >= 0.3 is 19.8 Å². The number of allylic oxidation sites excluding steroid dienone is 10. The number of rotatable bonds is 52. The van der Waals surface area contributed by atoms with Crippen LogP contribution in [0.15, 0.2) is 60.8 Å². The number of carbonyl (C=O) groups is 2. The number of unbranched alkanes of at least 4 members (excludes halogenated alkanes) is 29. The minimum absolute atomic E-state index is 0.0525. The van der Waals surface area contributed by atoms with Gasteiger partial charge < -0.3 is 20.1 Å². The molecule has 2 unspecified atom stereocenters. The van der Waals surface area contributed by atoms with E-state index in [0.717, 1.165) is 77.0 Å². The molecule has 0 aromatic heterocycles. The zero-order chi connectivity index (χ0) is 48.8. The molecule has 0 aliphatic carbocycles. The summed E-state index contributed by atoms with van der Waals surface area (Å²) in [4.78, 5) is 35.1. The summed E-state index contributed by atoms with van der Waals surface area (Å²) in [6.45, 7) is 3.66. The molecule has 0 saturated carbocycles. The van der Waals surface area contributed by atoms with Crippen LogP contribution in [0.25, 0.3) is 0 Å². The van der Waals surface area contributed by atoms with Crippen LogP contribution in [0.3, 0.4) is 0 Å². The van der Waals surface area contributed by atoms with E-state index in [9.17, 15) is 19.0 Å². The molecule has 9 nitrogen and oxygen atoms in total. The second kappa shape index (κ2) is 53.1. The summed E-state index contributed by atoms with van der Waals surface area (Å²) < 4.78 is 33.0. The van der Waals surface area contributed by atoms with Gasteiger partial charge in [-0.15, -0.1) is 0 Å². The third-order valence-electron chi connectivity index (χ3n) is 11.9. The van der Waals surface area contributed by atoms with Crippen molar-refractivity contribution in [2.75, 3.05) is 26.4 Å². The van der Waals surface area contributed by atoms with Gasteiger partial charge in [0.1, 0.15) is 6.61 Å². The minimum atomic E-state index is -4.39. The Bertz CT molecular complexity index is 1280.